The molecule has 1 N–H and O–H groups in total. The van der Waals surface area contributed by atoms with Crippen LogP contribution < -0.4 is 5.32 Å². The van der Waals surface area contributed by atoms with Gasteiger partial charge in [0.1, 0.15) is 4.60 Å². The lowest BCUT2D eigenvalue weighted by molar-refractivity contribution is 0.376. The van der Waals surface area contributed by atoms with Crippen LogP contribution in [0.3, 0.4) is 0 Å². The van der Waals surface area contributed by atoms with Crippen molar-refractivity contribution >= 4 is 39.2 Å². The fraction of sp³-hybridized carbons (Fsp3) is 0.417. The molecule has 0 saturated carbocycles. The summed E-state index contributed by atoms with van der Waals surface area (Å²) in [5, 5.41) is 4.62. The molecule has 0 aromatic carbocycles. The molecule has 2 aromatic rings. The normalized spacial score (nSPS) is 17.0. The lowest BCUT2D eigenvalue weighted by Crippen LogP contribution is -2.29. The van der Waals surface area contributed by atoms with E-state index in [1.807, 2.05) is 6.20 Å². The first-order valence-corrected chi connectivity index (χ1v) is 6.47. The predicted octanol–water partition coefficient (Wildman–Crippen LogP) is 3.15. The van der Waals surface area contributed by atoms with Crippen molar-refractivity contribution in [2.24, 2.45) is 0 Å². The van der Waals surface area contributed by atoms with Crippen LogP contribution in [0.5, 0.6) is 0 Å². The van der Waals surface area contributed by atoms with Crippen LogP contribution in [0, 0.1) is 0 Å². The van der Waals surface area contributed by atoms with Crippen molar-refractivity contribution in [3.63, 3.8) is 0 Å². The molecule has 1 aliphatic rings. The second-order valence-corrected chi connectivity index (χ2v) is 5.08. The molecule has 0 bridgehead atoms. The Hall–Kier alpha value is -0.580. The third-order valence-electron chi connectivity index (χ3n) is 3.27. The highest BCUT2D eigenvalue weighted by atomic mass is 79.9. The van der Waals surface area contributed by atoms with Gasteiger partial charge in [-0.15, -0.1) is 12.4 Å². The van der Waals surface area contributed by atoms with Crippen molar-refractivity contribution < 1.29 is 0 Å². The lowest BCUT2D eigenvalue weighted by Gasteiger charge is -2.25. The molecular formula is C12H15BrClN3. The highest BCUT2D eigenvalue weighted by Crippen LogP contribution is 2.26. The predicted molar refractivity (Wildman–Crippen MR) is 75.8 cm³/mol. The van der Waals surface area contributed by atoms with Gasteiger partial charge in [0.15, 0.2) is 0 Å². The average molecular weight is 317 g/mol. The molecule has 2 aromatic heterocycles. The molecule has 1 saturated heterocycles. The highest BCUT2D eigenvalue weighted by molar-refractivity contribution is 9.10. The summed E-state index contributed by atoms with van der Waals surface area (Å²) in [7, 11) is 0. The van der Waals surface area contributed by atoms with Crippen LogP contribution in [0.1, 0.15) is 18.9 Å². The summed E-state index contributed by atoms with van der Waals surface area (Å²) in [6, 6.07) is 4.89. The van der Waals surface area contributed by atoms with Gasteiger partial charge in [0.05, 0.1) is 5.52 Å². The maximum atomic E-state index is 4.26. The Kier molecular flexibility index (Phi) is 4.07. The van der Waals surface area contributed by atoms with Gasteiger partial charge in [-0.25, -0.2) is 4.98 Å². The minimum absolute atomic E-state index is 0. The van der Waals surface area contributed by atoms with E-state index in [4.69, 9.17) is 0 Å². The van der Waals surface area contributed by atoms with E-state index in [-0.39, 0.29) is 12.4 Å². The first-order chi connectivity index (χ1) is 7.84. The Labute approximate surface area is 115 Å². The highest BCUT2D eigenvalue weighted by Gasteiger charge is 2.16. The van der Waals surface area contributed by atoms with E-state index in [0.717, 1.165) is 17.7 Å². The third kappa shape index (κ3) is 2.49. The topological polar surface area (TPSA) is 29.9 Å². The molecule has 1 aliphatic heterocycles. The zero-order chi connectivity index (χ0) is 11.0. The number of hydrogen-bond donors (Lipinski definition) is 1. The van der Waals surface area contributed by atoms with Crippen molar-refractivity contribution in [1.29, 1.82) is 0 Å². The van der Waals surface area contributed by atoms with Crippen LogP contribution in [-0.4, -0.2) is 22.6 Å². The number of rotatable bonds is 1. The van der Waals surface area contributed by atoms with Crippen molar-refractivity contribution in [2.75, 3.05) is 13.1 Å². The fourth-order valence-electron chi connectivity index (χ4n) is 2.43. The molecule has 0 amide bonds. The van der Waals surface area contributed by atoms with Crippen LogP contribution in [0.25, 0.3) is 10.9 Å². The SMILES string of the molecule is Brc1cc2c(ccn2C2CCNCC2)cn1.Cl. The Morgan fingerprint density at radius 2 is 2.12 bits per heavy atom. The standard InChI is InChI=1S/C12H14BrN3.ClH/c13-12-7-11-9(8-15-12)3-6-16(11)10-1-4-14-5-2-10;/h3,6-8,10,14H,1-2,4-5H2;1H. The molecular weight excluding hydrogens is 302 g/mol. The monoisotopic (exact) mass is 315 g/mol. The maximum absolute atomic E-state index is 4.26. The van der Waals surface area contributed by atoms with E-state index in [0.29, 0.717) is 6.04 Å². The summed E-state index contributed by atoms with van der Waals surface area (Å²) < 4.78 is 3.30. The number of halogens is 2. The lowest BCUT2D eigenvalue weighted by atomic mass is 10.1. The van der Waals surface area contributed by atoms with Crippen LogP contribution in [0.2, 0.25) is 0 Å². The third-order valence-corrected chi connectivity index (χ3v) is 3.71. The minimum Gasteiger partial charge on any atom is -0.344 e. The summed E-state index contributed by atoms with van der Waals surface area (Å²) in [6.07, 6.45) is 6.54. The van der Waals surface area contributed by atoms with Crippen LogP contribution >= 0.6 is 28.3 Å². The molecule has 92 valence electrons. The summed E-state index contributed by atoms with van der Waals surface area (Å²) in [4.78, 5) is 4.26. The van der Waals surface area contributed by atoms with Gasteiger partial charge in [-0.05, 0) is 54.0 Å². The quantitative estimate of drug-likeness (QED) is 0.819. The van der Waals surface area contributed by atoms with Gasteiger partial charge >= 0.3 is 0 Å². The summed E-state index contributed by atoms with van der Waals surface area (Å²) in [5.74, 6) is 0. The molecule has 3 rings (SSSR count). The number of nitrogens with one attached hydrogen (secondary N) is 1. The summed E-state index contributed by atoms with van der Waals surface area (Å²) >= 11 is 3.44. The summed E-state index contributed by atoms with van der Waals surface area (Å²) in [6.45, 7) is 2.24. The van der Waals surface area contributed by atoms with Gasteiger partial charge in [0.2, 0.25) is 0 Å². The van der Waals surface area contributed by atoms with Crippen molar-refractivity contribution in [2.45, 2.75) is 18.9 Å². The molecule has 3 heterocycles. The van der Waals surface area contributed by atoms with Gasteiger partial charge in [-0.3, -0.25) is 0 Å². The van der Waals surface area contributed by atoms with Gasteiger partial charge < -0.3 is 9.88 Å². The maximum Gasteiger partial charge on any atom is 0.108 e. The van der Waals surface area contributed by atoms with Crippen LogP contribution in [-0.2, 0) is 0 Å². The molecule has 3 nitrogen and oxygen atoms in total. The Bertz CT molecular complexity index is 505. The number of fused-ring (bicyclic) bond motifs is 1. The molecule has 0 atom stereocenters. The number of pyridine rings is 1. The molecule has 0 aliphatic carbocycles. The Morgan fingerprint density at radius 1 is 1.35 bits per heavy atom. The second-order valence-electron chi connectivity index (χ2n) is 4.27. The van der Waals surface area contributed by atoms with Crippen molar-refractivity contribution in [3.05, 3.63) is 29.1 Å². The van der Waals surface area contributed by atoms with E-state index in [1.165, 1.54) is 23.7 Å². The van der Waals surface area contributed by atoms with Gasteiger partial charge in [-0.2, -0.15) is 0 Å². The minimum atomic E-state index is 0. The average Bonchev–Trinajstić information content (AvgIpc) is 2.73. The Morgan fingerprint density at radius 3 is 2.88 bits per heavy atom. The zero-order valence-corrected chi connectivity index (χ0v) is 11.8. The summed E-state index contributed by atoms with van der Waals surface area (Å²) in [5.41, 5.74) is 1.29. The number of hydrogen-bond acceptors (Lipinski definition) is 2. The fourth-order valence-corrected chi connectivity index (χ4v) is 2.75. The van der Waals surface area contributed by atoms with E-state index < -0.39 is 0 Å². The van der Waals surface area contributed by atoms with E-state index in [9.17, 15) is 0 Å². The molecule has 5 heteroatoms. The van der Waals surface area contributed by atoms with Gasteiger partial charge in [-0.1, -0.05) is 0 Å². The number of piperidine rings is 1. The van der Waals surface area contributed by atoms with Crippen molar-refractivity contribution in [1.82, 2.24) is 14.9 Å². The largest absolute Gasteiger partial charge is 0.344 e. The smallest absolute Gasteiger partial charge is 0.108 e. The van der Waals surface area contributed by atoms with Crippen molar-refractivity contribution in [3.8, 4) is 0 Å². The molecule has 17 heavy (non-hydrogen) atoms. The molecule has 1 fully saturated rings. The molecule has 0 unspecified atom stereocenters. The number of nitrogens with zero attached hydrogens (tertiary/aromatic N) is 2. The van der Waals surface area contributed by atoms with E-state index in [1.54, 1.807) is 0 Å². The number of aromatic nitrogens is 2. The molecule has 0 spiro atoms. The first-order valence-electron chi connectivity index (χ1n) is 5.67. The Balaban J connectivity index is 0.00000108. The first kappa shape index (κ1) is 12.9. The van der Waals surface area contributed by atoms with E-state index in [2.05, 4.69) is 49.1 Å². The van der Waals surface area contributed by atoms with Crippen LogP contribution in [0.4, 0.5) is 0 Å². The van der Waals surface area contributed by atoms with Crippen LogP contribution in [0.15, 0.2) is 29.1 Å². The van der Waals surface area contributed by atoms with E-state index >= 15 is 0 Å². The van der Waals surface area contributed by atoms with Gasteiger partial charge in [0, 0.05) is 23.8 Å². The zero-order valence-electron chi connectivity index (χ0n) is 9.40. The second kappa shape index (κ2) is 5.38. The molecule has 0 radical (unpaired) electrons. The van der Waals surface area contributed by atoms with Gasteiger partial charge in [0.25, 0.3) is 0 Å².